The minimum Gasteiger partial charge on any atom is -0.444 e. The summed E-state index contributed by atoms with van der Waals surface area (Å²) in [6.07, 6.45) is -0.959. The maximum atomic E-state index is 14.4. The minimum atomic E-state index is -0.815. The predicted octanol–water partition coefficient (Wildman–Crippen LogP) is 4.58. The number of carbonyl (C=O) groups excluding carboxylic acids is 2. The summed E-state index contributed by atoms with van der Waals surface area (Å²) in [5, 5.41) is 0. The molecule has 0 aromatic heterocycles. The summed E-state index contributed by atoms with van der Waals surface area (Å²) in [6, 6.07) is 3.90. The lowest BCUT2D eigenvalue weighted by Crippen LogP contribution is -2.52. The van der Waals surface area contributed by atoms with Crippen LogP contribution in [-0.2, 0) is 16.0 Å². The van der Waals surface area contributed by atoms with Crippen molar-refractivity contribution in [3.8, 4) is 0 Å². The van der Waals surface area contributed by atoms with Crippen molar-refractivity contribution >= 4 is 27.9 Å². The van der Waals surface area contributed by atoms with Gasteiger partial charge in [-0.2, -0.15) is 0 Å². The molecule has 2 amide bonds. The Kier molecular flexibility index (Phi) is 5.95. The van der Waals surface area contributed by atoms with E-state index in [1.165, 1.54) is 11.0 Å². The Morgan fingerprint density at radius 1 is 1.22 bits per heavy atom. The second-order valence-electron chi connectivity index (χ2n) is 9.03. The van der Waals surface area contributed by atoms with Gasteiger partial charge in [0.05, 0.1) is 0 Å². The highest BCUT2D eigenvalue weighted by molar-refractivity contribution is 9.10. The van der Waals surface area contributed by atoms with Crippen LogP contribution >= 0.6 is 15.9 Å². The number of ether oxygens (including phenoxy) is 1. The second kappa shape index (κ2) is 7.41. The molecule has 150 valence electrons. The smallest absolute Gasteiger partial charge is 0.412 e. The quantitative estimate of drug-likeness (QED) is 0.673. The van der Waals surface area contributed by atoms with E-state index in [1.807, 2.05) is 20.8 Å². The Morgan fingerprint density at radius 3 is 2.30 bits per heavy atom. The van der Waals surface area contributed by atoms with E-state index in [1.54, 1.807) is 44.9 Å². The number of likely N-dealkylation sites (N-methyl/N-ethyl adjacent to an activating group) is 1. The first-order valence-corrected chi connectivity index (χ1v) is 9.73. The first-order valence-electron chi connectivity index (χ1n) is 8.94. The van der Waals surface area contributed by atoms with Crippen LogP contribution in [0.25, 0.3) is 0 Å². The molecule has 5 nitrogen and oxygen atoms in total. The van der Waals surface area contributed by atoms with Gasteiger partial charge >= 0.3 is 6.09 Å². The van der Waals surface area contributed by atoms with Gasteiger partial charge in [-0.1, -0.05) is 42.8 Å². The Balaban J connectivity index is 2.45. The molecule has 1 aliphatic rings. The molecule has 27 heavy (non-hydrogen) atoms. The highest BCUT2D eigenvalue weighted by atomic mass is 79.9. The lowest BCUT2D eigenvalue weighted by molar-refractivity contribution is -0.129. The Hall–Kier alpha value is -1.63. The van der Waals surface area contributed by atoms with E-state index in [4.69, 9.17) is 4.74 Å². The number of halogens is 2. The largest absolute Gasteiger partial charge is 0.444 e. The van der Waals surface area contributed by atoms with E-state index in [9.17, 15) is 14.0 Å². The van der Waals surface area contributed by atoms with Gasteiger partial charge in [-0.25, -0.2) is 9.18 Å². The molecule has 1 aromatic carbocycles. The molecule has 7 heteroatoms. The Labute approximate surface area is 169 Å². The van der Waals surface area contributed by atoms with E-state index >= 15 is 0 Å². The summed E-state index contributed by atoms with van der Waals surface area (Å²) in [5.74, 6) is -0.633. The molecule has 0 aliphatic carbocycles. The Bertz CT molecular complexity index is 740. The van der Waals surface area contributed by atoms with E-state index < -0.39 is 35.1 Å². The number of hydrogen-bond acceptors (Lipinski definition) is 3. The van der Waals surface area contributed by atoms with Crippen LogP contribution in [0.1, 0.15) is 47.1 Å². The first-order chi connectivity index (χ1) is 12.2. The lowest BCUT2D eigenvalue weighted by Gasteiger charge is -2.39. The van der Waals surface area contributed by atoms with Crippen molar-refractivity contribution in [2.45, 2.75) is 65.8 Å². The van der Waals surface area contributed by atoms with Crippen molar-refractivity contribution in [2.24, 2.45) is 5.41 Å². The van der Waals surface area contributed by atoms with Crippen molar-refractivity contribution < 1.29 is 18.7 Å². The number of rotatable bonds is 2. The molecule has 0 bridgehead atoms. The maximum absolute atomic E-state index is 14.4. The zero-order chi connectivity index (χ0) is 20.7. The summed E-state index contributed by atoms with van der Waals surface area (Å²) in [7, 11) is 1.67. The minimum absolute atomic E-state index is 0.0914. The molecule has 1 aliphatic heterocycles. The summed E-state index contributed by atoms with van der Waals surface area (Å²) in [4.78, 5) is 29.0. The normalized spacial score (nSPS) is 21.0. The average Bonchev–Trinajstić information content (AvgIpc) is 2.73. The highest BCUT2D eigenvalue weighted by Gasteiger charge is 2.52. The highest BCUT2D eigenvalue weighted by Crippen LogP contribution is 2.36. The zero-order valence-corrected chi connectivity index (χ0v) is 18.6. The SMILES string of the molecule is CN1C(=O)[C@H](Cc2ccc(Br)cc2F)N(C(=O)OC(C)(C)C)C1C(C)(C)C. The van der Waals surface area contributed by atoms with E-state index in [0.29, 0.717) is 10.0 Å². The van der Waals surface area contributed by atoms with Gasteiger partial charge in [0.1, 0.15) is 23.6 Å². The third-order valence-electron chi connectivity index (χ3n) is 4.41. The molecule has 2 rings (SSSR count). The van der Waals surface area contributed by atoms with Gasteiger partial charge in [0.15, 0.2) is 0 Å². The van der Waals surface area contributed by atoms with Gasteiger partial charge in [0.25, 0.3) is 0 Å². The third-order valence-corrected chi connectivity index (χ3v) is 4.90. The second-order valence-corrected chi connectivity index (χ2v) is 9.95. The predicted molar refractivity (Wildman–Crippen MR) is 106 cm³/mol. The monoisotopic (exact) mass is 442 g/mol. The zero-order valence-electron chi connectivity index (χ0n) is 17.0. The van der Waals surface area contributed by atoms with Gasteiger partial charge in [0.2, 0.25) is 5.91 Å². The molecule has 1 heterocycles. The van der Waals surface area contributed by atoms with Crippen LogP contribution in [0.5, 0.6) is 0 Å². The topological polar surface area (TPSA) is 49.9 Å². The van der Waals surface area contributed by atoms with Crippen LogP contribution in [0.4, 0.5) is 9.18 Å². The fraction of sp³-hybridized carbons (Fsp3) is 0.600. The van der Waals surface area contributed by atoms with Crippen LogP contribution in [0.15, 0.2) is 22.7 Å². The summed E-state index contributed by atoms with van der Waals surface area (Å²) < 4.78 is 20.6. The van der Waals surface area contributed by atoms with Crippen LogP contribution in [0, 0.1) is 11.2 Å². The number of nitrogens with zero attached hydrogens (tertiary/aromatic N) is 2. The van der Waals surface area contributed by atoms with Crippen LogP contribution in [-0.4, -0.2) is 46.7 Å². The van der Waals surface area contributed by atoms with E-state index in [0.717, 1.165) is 0 Å². The lowest BCUT2D eigenvalue weighted by atomic mass is 9.91. The molecule has 2 atom stereocenters. The van der Waals surface area contributed by atoms with Crippen LogP contribution in [0.2, 0.25) is 0 Å². The van der Waals surface area contributed by atoms with Crippen LogP contribution in [0.3, 0.4) is 0 Å². The first kappa shape index (κ1) is 21.7. The van der Waals surface area contributed by atoms with Crippen molar-refractivity contribution in [1.29, 1.82) is 0 Å². The molecule has 0 saturated carbocycles. The van der Waals surface area contributed by atoms with Gasteiger partial charge < -0.3 is 9.64 Å². The summed E-state index contributed by atoms with van der Waals surface area (Å²) >= 11 is 3.23. The number of amides is 2. The van der Waals surface area contributed by atoms with Crippen molar-refractivity contribution in [3.05, 3.63) is 34.1 Å². The number of hydrogen-bond donors (Lipinski definition) is 0. The standard InChI is InChI=1S/C20H28BrFN2O3/c1-19(2,3)17-23(7)16(25)15(24(17)18(26)27-20(4,5)6)10-12-8-9-13(21)11-14(12)22/h8-9,11,15,17H,10H2,1-7H3/t15-,17?/m0/s1. The van der Waals surface area contributed by atoms with Gasteiger partial charge in [-0.05, 0) is 38.5 Å². The third kappa shape index (κ3) is 4.81. The molecule has 1 unspecified atom stereocenters. The average molecular weight is 443 g/mol. The maximum Gasteiger partial charge on any atom is 0.412 e. The van der Waals surface area contributed by atoms with Crippen molar-refractivity contribution in [1.82, 2.24) is 9.80 Å². The molecule has 1 fully saturated rings. The molecule has 1 saturated heterocycles. The van der Waals surface area contributed by atoms with Gasteiger partial charge in [0, 0.05) is 23.4 Å². The fourth-order valence-corrected chi connectivity index (χ4v) is 3.79. The Morgan fingerprint density at radius 2 is 1.81 bits per heavy atom. The molecule has 1 aromatic rings. The van der Waals surface area contributed by atoms with Crippen LogP contribution < -0.4 is 0 Å². The number of benzene rings is 1. The molecule has 0 spiro atoms. The van der Waals surface area contributed by atoms with Gasteiger partial charge in [-0.3, -0.25) is 9.69 Å². The van der Waals surface area contributed by atoms with Gasteiger partial charge in [-0.15, -0.1) is 0 Å². The summed E-state index contributed by atoms with van der Waals surface area (Å²) in [5.41, 5.74) is -0.709. The van der Waals surface area contributed by atoms with E-state index in [2.05, 4.69) is 15.9 Å². The van der Waals surface area contributed by atoms with Crippen molar-refractivity contribution in [2.75, 3.05) is 7.05 Å². The summed E-state index contributed by atoms with van der Waals surface area (Å²) in [6.45, 7) is 11.2. The number of carbonyl (C=O) groups is 2. The molecule has 0 N–H and O–H groups in total. The fourth-order valence-electron chi connectivity index (χ4n) is 3.45. The molecular formula is C20H28BrFN2O3. The molecular weight excluding hydrogens is 415 g/mol. The van der Waals surface area contributed by atoms with Crippen molar-refractivity contribution in [3.63, 3.8) is 0 Å². The molecule has 0 radical (unpaired) electrons. The van der Waals surface area contributed by atoms with E-state index in [-0.39, 0.29) is 12.3 Å².